The summed E-state index contributed by atoms with van der Waals surface area (Å²) in [5.74, 6) is 1.78. The maximum atomic E-state index is 9.72. The maximum Gasteiger partial charge on any atom is 0.164 e. The molecule has 0 aliphatic heterocycles. The largest absolute Gasteiger partial charge is 0.382 e. The van der Waals surface area contributed by atoms with E-state index in [2.05, 4.69) is 26.3 Å². The summed E-state index contributed by atoms with van der Waals surface area (Å²) in [6.45, 7) is 1.37. The molecule has 0 saturated carbocycles. The zero-order valence-electron chi connectivity index (χ0n) is 16.8. The van der Waals surface area contributed by atoms with Gasteiger partial charge in [0.25, 0.3) is 0 Å². The second kappa shape index (κ2) is 10.7. The first-order valence-electron chi connectivity index (χ1n) is 9.68. The van der Waals surface area contributed by atoms with Crippen molar-refractivity contribution in [2.75, 3.05) is 46.5 Å². The third kappa shape index (κ3) is 5.48. The summed E-state index contributed by atoms with van der Waals surface area (Å²) in [4.78, 5) is 10.8. The van der Waals surface area contributed by atoms with Gasteiger partial charge in [-0.2, -0.15) is 5.26 Å². The fourth-order valence-electron chi connectivity index (χ4n) is 3.15. The third-order valence-electron chi connectivity index (χ3n) is 4.72. The van der Waals surface area contributed by atoms with Crippen LogP contribution in [-0.4, -0.2) is 34.8 Å². The van der Waals surface area contributed by atoms with E-state index in [1.807, 2.05) is 54.6 Å². The Morgan fingerprint density at radius 1 is 0.935 bits per heavy atom. The van der Waals surface area contributed by atoms with Gasteiger partial charge in [-0.1, -0.05) is 42.5 Å². The van der Waals surface area contributed by atoms with Crippen molar-refractivity contribution in [3.63, 3.8) is 0 Å². The van der Waals surface area contributed by atoms with Gasteiger partial charge in [-0.25, -0.2) is 9.97 Å². The summed E-state index contributed by atoms with van der Waals surface area (Å²) in [5, 5.41) is 12.8. The molecule has 1 aromatic heterocycles. The van der Waals surface area contributed by atoms with Gasteiger partial charge in [0.15, 0.2) is 17.5 Å². The van der Waals surface area contributed by atoms with Crippen LogP contribution < -0.4 is 21.7 Å². The van der Waals surface area contributed by atoms with Crippen LogP contribution in [-0.2, 0) is 0 Å². The van der Waals surface area contributed by atoms with E-state index in [4.69, 9.17) is 34.7 Å². The molecule has 3 aromatic rings. The van der Waals surface area contributed by atoms with Crippen LogP contribution in [0.15, 0.2) is 54.6 Å². The van der Waals surface area contributed by atoms with Crippen LogP contribution in [0.5, 0.6) is 0 Å². The Labute approximate surface area is 191 Å². The van der Waals surface area contributed by atoms with Crippen LogP contribution in [0.3, 0.4) is 0 Å². The number of nitriles is 1. The molecule has 0 bridgehead atoms. The highest BCUT2D eigenvalue weighted by atomic mass is 35.5. The first-order valence-corrected chi connectivity index (χ1v) is 10.8. The molecular formula is C22H23Cl2N7. The third-order valence-corrected chi connectivity index (χ3v) is 5.05. The summed E-state index contributed by atoms with van der Waals surface area (Å²) in [7, 11) is 0. The second-order valence-electron chi connectivity index (χ2n) is 6.72. The van der Waals surface area contributed by atoms with Crippen molar-refractivity contribution in [1.82, 2.24) is 9.97 Å². The van der Waals surface area contributed by atoms with Crippen molar-refractivity contribution in [1.29, 1.82) is 5.26 Å². The number of alkyl halides is 2. The first-order chi connectivity index (χ1) is 15.1. The Morgan fingerprint density at radius 2 is 1.52 bits per heavy atom. The smallest absolute Gasteiger partial charge is 0.164 e. The second-order valence-corrected chi connectivity index (χ2v) is 7.48. The number of nitrogen functional groups attached to an aromatic ring is 2. The number of halogens is 2. The van der Waals surface area contributed by atoms with E-state index in [1.54, 1.807) is 0 Å². The van der Waals surface area contributed by atoms with E-state index in [0.717, 1.165) is 16.8 Å². The normalized spacial score (nSPS) is 11.5. The van der Waals surface area contributed by atoms with Crippen molar-refractivity contribution in [2.45, 2.75) is 6.04 Å². The van der Waals surface area contributed by atoms with E-state index < -0.39 is 6.04 Å². The highest BCUT2D eigenvalue weighted by molar-refractivity contribution is 6.18. The lowest BCUT2D eigenvalue weighted by Crippen LogP contribution is -2.27. The molecule has 0 saturated heterocycles. The van der Waals surface area contributed by atoms with Crippen LogP contribution in [0.25, 0.3) is 11.4 Å². The fraction of sp³-hybridized carbons (Fsp3) is 0.227. The Kier molecular flexibility index (Phi) is 7.76. The molecule has 0 spiro atoms. The Morgan fingerprint density at radius 3 is 2.03 bits per heavy atom. The van der Waals surface area contributed by atoms with E-state index in [-0.39, 0.29) is 11.6 Å². The fourth-order valence-corrected chi connectivity index (χ4v) is 3.55. The standard InChI is InChI=1S/C22H23Cl2N7/c23-10-12-31(13-11-24)17-8-6-15(7-9-17)18(14-25)28-19-20(26)29-22(30-21(19)27)16-4-2-1-3-5-16/h1-9,18,28H,10-13H2,(H4,26,27,29,30)/t18-/m0/s1. The van der Waals surface area contributed by atoms with Gasteiger partial charge in [0.05, 0.1) is 6.07 Å². The van der Waals surface area contributed by atoms with E-state index in [9.17, 15) is 5.26 Å². The molecule has 3 rings (SSSR count). The lowest BCUT2D eigenvalue weighted by molar-refractivity contribution is 0.872. The highest BCUT2D eigenvalue weighted by Crippen LogP contribution is 2.30. The molecular weight excluding hydrogens is 433 g/mol. The average molecular weight is 456 g/mol. The Hall–Kier alpha value is -3.21. The molecule has 7 nitrogen and oxygen atoms in total. The Balaban J connectivity index is 1.82. The van der Waals surface area contributed by atoms with Crippen molar-refractivity contribution < 1.29 is 0 Å². The zero-order chi connectivity index (χ0) is 22.2. The number of nitrogens with zero attached hydrogens (tertiary/aromatic N) is 4. The summed E-state index contributed by atoms with van der Waals surface area (Å²) in [6.07, 6.45) is 0. The zero-order valence-corrected chi connectivity index (χ0v) is 18.3. The molecule has 0 radical (unpaired) electrons. The van der Waals surface area contributed by atoms with Crippen LogP contribution >= 0.6 is 23.2 Å². The molecule has 1 atom stereocenters. The molecule has 9 heteroatoms. The predicted molar refractivity (Wildman–Crippen MR) is 128 cm³/mol. The summed E-state index contributed by atoms with van der Waals surface area (Å²) < 4.78 is 0. The van der Waals surface area contributed by atoms with Gasteiger partial charge in [0.2, 0.25) is 0 Å². The van der Waals surface area contributed by atoms with Gasteiger partial charge in [-0.05, 0) is 17.7 Å². The van der Waals surface area contributed by atoms with Gasteiger partial charge in [-0.15, -0.1) is 23.2 Å². The van der Waals surface area contributed by atoms with Gasteiger partial charge >= 0.3 is 0 Å². The minimum atomic E-state index is -0.681. The minimum Gasteiger partial charge on any atom is -0.382 e. The SMILES string of the molecule is N#C[C@H](Nc1c(N)nc(-c2ccccc2)nc1N)c1ccc(N(CCCl)CCCl)cc1. The number of benzene rings is 2. The molecule has 1 heterocycles. The van der Waals surface area contributed by atoms with Crippen molar-refractivity contribution in [3.05, 3.63) is 60.2 Å². The van der Waals surface area contributed by atoms with E-state index >= 15 is 0 Å². The molecule has 160 valence electrons. The molecule has 0 amide bonds. The summed E-state index contributed by atoms with van der Waals surface area (Å²) in [6, 6.07) is 18.6. The van der Waals surface area contributed by atoms with E-state index in [1.165, 1.54) is 0 Å². The number of hydrogen-bond donors (Lipinski definition) is 3. The van der Waals surface area contributed by atoms with Crippen LogP contribution in [0.1, 0.15) is 11.6 Å². The lowest BCUT2D eigenvalue weighted by atomic mass is 10.1. The van der Waals surface area contributed by atoms with Crippen LogP contribution in [0, 0.1) is 11.3 Å². The van der Waals surface area contributed by atoms with Crippen LogP contribution in [0.2, 0.25) is 0 Å². The lowest BCUT2D eigenvalue weighted by Gasteiger charge is -2.23. The molecule has 5 N–H and O–H groups in total. The Bertz CT molecular complexity index is 1010. The topological polar surface area (TPSA) is 117 Å². The molecule has 31 heavy (non-hydrogen) atoms. The monoisotopic (exact) mass is 455 g/mol. The molecule has 2 aromatic carbocycles. The van der Waals surface area contributed by atoms with Crippen molar-refractivity contribution in [3.8, 4) is 17.5 Å². The average Bonchev–Trinajstić information content (AvgIpc) is 2.79. The van der Waals surface area contributed by atoms with Gasteiger partial charge in [-0.3, -0.25) is 0 Å². The number of nitrogens with two attached hydrogens (primary N) is 2. The minimum absolute atomic E-state index is 0.179. The van der Waals surface area contributed by atoms with Gasteiger partial charge < -0.3 is 21.7 Å². The van der Waals surface area contributed by atoms with Crippen LogP contribution in [0.4, 0.5) is 23.0 Å². The van der Waals surface area contributed by atoms with Gasteiger partial charge in [0.1, 0.15) is 11.7 Å². The molecule has 0 fully saturated rings. The van der Waals surface area contributed by atoms with Crippen molar-refractivity contribution in [2.24, 2.45) is 0 Å². The van der Waals surface area contributed by atoms with Crippen molar-refractivity contribution >= 4 is 46.2 Å². The predicted octanol–water partition coefficient (Wildman–Crippen LogP) is 4.27. The summed E-state index contributed by atoms with van der Waals surface area (Å²) >= 11 is 11.8. The maximum absolute atomic E-state index is 9.72. The number of aromatic nitrogens is 2. The first kappa shape index (κ1) is 22.5. The number of nitrogens with one attached hydrogen (secondary N) is 1. The number of hydrogen-bond acceptors (Lipinski definition) is 7. The van der Waals surface area contributed by atoms with E-state index in [0.29, 0.717) is 36.4 Å². The molecule has 0 aliphatic rings. The molecule has 0 unspecified atom stereocenters. The quantitative estimate of drug-likeness (QED) is 0.412. The number of anilines is 4. The number of rotatable bonds is 9. The molecule has 0 aliphatic carbocycles. The summed E-state index contributed by atoms with van der Waals surface area (Å²) in [5.41, 5.74) is 15.2. The van der Waals surface area contributed by atoms with Gasteiger partial charge in [0, 0.05) is 36.1 Å². The highest BCUT2D eigenvalue weighted by Gasteiger charge is 2.17.